The molecule has 1 aliphatic heterocycles. The van der Waals surface area contributed by atoms with E-state index in [-0.39, 0.29) is 0 Å². The Morgan fingerprint density at radius 2 is 2.06 bits per heavy atom. The van der Waals surface area contributed by atoms with Crippen LogP contribution in [0.5, 0.6) is 0 Å². The first-order valence-corrected chi connectivity index (χ1v) is 6.81. The fraction of sp³-hybridized carbons (Fsp3) is 1.00. The molecule has 0 spiro atoms. The molecular weight excluding hydrogens is 198 g/mol. The van der Waals surface area contributed by atoms with Crippen molar-refractivity contribution in [2.24, 2.45) is 5.92 Å². The summed E-state index contributed by atoms with van der Waals surface area (Å²) in [4.78, 5) is 5.09. The van der Waals surface area contributed by atoms with Crippen LogP contribution < -0.4 is 5.32 Å². The first kappa shape index (κ1) is 12.3. The molecule has 0 radical (unpaired) electrons. The Hall–Kier alpha value is -0.120. The molecule has 2 rings (SSSR count). The lowest BCUT2D eigenvalue weighted by Gasteiger charge is -2.39. The molecule has 0 aromatic carbocycles. The minimum atomic E-state index is 0.724. The van der Waals surface area contributed by atoms with Crippen LogP contribution in [0, 0.1) is 5.92 Å². The Morgan fingerprint density at radius 1 is 1.31 bits per heavy atom. The summed E-state index contributed by atoms with van der Waals surface area (Å²) in [6.45, 7) is 10.9. The Morgan fingerprint density at radius 3 is 2.69 bits per heavy atom. The molecule has 2 unspecified atom stereocenters. The number of likely N-dealkylation sites (N-methyl/N-ethyl adjacent to an activating group) is 1. The summed E-state index contributed by atoms with van der Waals surface area (Å²) >= 11 is 0. The van der Waals surface area contributed by atoms with Crippen LogP contribution in [0.15, 0.2) is 0 Å². The number of hydrogen-bond donors (Lipinski definition) is 1. The second-order valence-electron chi connectivity index (χ2n) is 5.89. The lowest BCUT2D eigenvalue weighted by molar-refractivity contribution is 0.0871. The smallest absolute Gasteiger partial charge is 0.0195 e. The molecule has 3 nitrogen and oxygen atoms in total. The van der Waals surface area contributed by atoms with Crippen LogP contribution in [0.25, 0.3) is 0 Å². The van der Waals surface area contributed by atoms with Gasteiger partial charge in [0, 0.05) is 38.3 Å². The number of nitrogens with zero attached hydrogens (tertiary/aromatic N) is 2. The number of piperazine rings is 1. The molecule has 16 heavy (non-hydrogen) atoms. The van der Waals surface area contributed by atoms with Gasteiger partial charge >= 0.3 is 0 Å². The van der Waals surface area contributed by atoms with Crippen molar-refractivity contribution in [3.05, 3.63) is 0 Å². The maximum absolute atomic E-state index is 3.63. The minimum absolute atomic E-state index is 0.724. The molecule has 0 aromatic rings. The molecular formula is C13H27N3. The van der Waals surface area contributed by atoms with Crippen molar-refractivity contribution < 1.29 is 0 Å². The second kappa shape index (κ2) is 5.48. The summed E-state index contributed by atoms with van der Waals surface area (Å²) in [5.41, 5.74) is 0. The molecule has 1 saturated carbocycles. The fourth-order valence-electron chi connectivity index (χ4n) is 2.57. The maximum atomic E-state index is 3.63. The molecule has 0 amide bonds. The summed E-state index contributed by atoms with van der Waals surface area (Å²) in [5, 5.41) is 3.63. The predicted octanol–water partition coefficient (Wildman–Crippen LogP) is 1.01. The van der Waals surface area contributed by atoms with Crippen LogP contribution in [-0.2, 0) is 0 Å². The molecule has 1 aliphatic carbocycles. The number of nitrogens with one attached hydrogen (secondary N) is 1. The Kier molecular flexibility index (Phi) is 4.22. The van der Waals surface area contributed by atoms with Gasteiger partial charge < -0.3 is 10.2 Å². The molecule has 3 heteroatoms. The normalized spacial score (nSPS) is 30.6. The summed E-state index contributed by atoms with van der Waals surface area (Å²) in [5.74, 6) is 0.784. The molecule has 2 fully saturated rings. The third-order valence-corrected chi connectivity index (χ3v) is 3.85. The Balaban J connectivity index is 1.66. The van der Waals surface area contributed by atoms with E-state index >= 15 is 0 Å². The van der Waals surface area contributed by atoms with Gasteiger partial charge in [0.2, 0.25) is 0 Å². The third kappa shape index (κ3) is 3.72. The monoisotopic (exact) mass is 225 g/mol. The van der Waals surface area contributed by atoms with E-state index in [1.54, 1.807) is 0 Å². The highest BCUT2D eigenvalue weighted by molar-refractivity contribution is 4.83. The van der Waals surface area contributed by atoms with Crippen molar-refractivity contribution in [3.63, 3.8) is 0 Å². The highest BCUT2D eigenvalue weighted by Crippen LogP contribution is 2.19. The number of rotatable bonds is 5. The molecule has 94 valence electrons. The summed E-state index contributed by atoms with van der Waals surface area (Å²) < 4.78 is 0. The molecule has 0 aromatic heterocycles. The van der Waals surface area contributed by atoms with Gasteiger partial charge in [0.05, 0.1) is 0 Å². The number of hydrogen-bond acceptors (Lipinski definition) is 3. The lowest BCUT2D eigenvalue weighted by atomic mass is 10.1. The first-order chi connectivity index (χ1) is 7.65. The Bertz CT molecular complexity index is 215. The van der Waals surface area contributed by atoms with Gasteiger partial charge in [-0.15, -0.1) is 0 Å². The second-order valence-corrected chi connectivity index (χ2v) is 5.89. The van der Waals surface area contributed by atoms with Crippen molar-refractivity contribution in [3.8, 4) is 0 Å². The molecule has 2 aliphatic rings. The van der Waals surface area contributed by atoms with Gasteiger partial charge in [-0.25, -0.2) is 0 Å². The van der Waals surface area contributed by atoms with Crippen LogP contribution >= 0.6 is 0 Å². The van der Waals surface area contributed by atoms with Crippen LogP contribution in [0.3, 0.4) is 0 Å². The first-order valence-electron chi connectivity index (χ1n) is 6.81. The molecule has 1 saturated heterocycles. The van der Waals surface area contributed by atoms with Crippen LogP contribution in [0.4, 0.5) is 0 Å². The summed E-state index contributed by atoms with van der Waals surface area (Å²) in [6, 6.07) is 1.58. The third-order valence-electron chi connectivity index (χ3n) is 3.85. The SMILES string of the molecule is CC(CNC1CC1)CN1CCN(C)CC1C. The van der Waals surface area contributed by atoms with Crippen molar-refractivity contribution in [1.29, 1.82) is 0 Å². The zero-order valence-electron chi connectivity index (χ0n) is 11.1. The zero-order valence-corrected chi connectivity index (χ0v) is 11.1. The van der Waals surface area contributed by atoms with E-state index in [2.05, 4.69) is 36.0 Å². The maximum Gasteiger partial charge on any atom is 0.0195 e. The van der Waals surface area contributed by atoms with Crippen molar-refractivity contribution >= 4 is 0 Å². The van der Waals surface area contributed by atoms with Crippen molar-refractivity contribution in [1.82, 2.24) is 15.1 Å². The summed E-state index contributed by atoms with van der Waals surface area (Å²) in [7, 11) is 2.23. The van der Waals surface area contributed by atoms with Crippen molar-refractivity contribution in [2.75, 3.05) is 39.8 Å². The average molecular weight is 225 g/mol. The van der Waals surface area contributed by atoms with E-state index < -0.39 is 0 Å². The standard InChI is InChI=1S/C13H27N3/c1-11(8-14-13-4-5-13)9-16-7-6-15(3)10-12(16)2/h11-14H,4-10H2,1-3H3. The predicted molar refractivity (Wildman–Crippen MR) is 68.7 cm³/mol. The van der Waals surface area contributed by atoms with Crippen LogP contribution in [0.2, 0.25) is 0 Å². The van der Waals surface area contributed by atoms with Crippen LogP contribution in [-0.4, -0.2) is 61.7 Å². The van der Waals surface area contributed by atoms with E-state index in [4.69, 9.17) is 0 Å². The van der Waals surface area contributed by atoms with Gasteiger partial charge in [-0.2, -0.15) is 0 Å². The Labute approximate surface area is 100 Å². The van der Waals surface area contributed by atoms with Gasteiger partial charge in [0.15, 0.2) is 0 Å². The fourth-order valence-corrected chi connectivity index (χ4v) is 2.57. The molecule has 2 atom stereocenters. The van der Waals surface area contributed by atoms with E-state index in [0.717, 1.165) is 18.0 Å². The molecule has 1 heterocycles. The van der Waals surface area contributed by atoms with Gasteiger partial charge in [-0.3, -0.25) is 4.90 Å². The average Bonchev–Trinajstić information content (AvgIpc) is 3.03. The molecule has 0 bridgehead atoms. The minimum Gasteiger partial charge on any atom is -0.314 e. The zero-order chi connectivity index (χ0) is 11.5. The lowest BCUT2D eigenvalue weighted by Crippen LogP contribution is -2.52. The van der Waals surface area contributed by atoms with E-state index in [1.807, 2.05) is 0 Å². The van der Waals surface area contributed by atoms with Gasteiger partial charge in [-0.1, -0.05) is 6.92 Å². The van der Waals surface area contributed by atoms with Crippen molar-refractivity contribution in [2.45, 2.75) is 38.8 Å². The largest absolute Gasteiger partial charge is 0.314 e. The van der Waals surface area contributed by atoms with E-state index in [0.29, 0.717) is 0 Å². The van der Waals surface area contributed by atoms with Crippen LogP contribution in [0.1, 0.15) is 26.7 Å². The summed E-state index contributed by atoms with van der Waals surface area (Å²) in [6.07, 6.45) is 2.80. The van der Waals surface area contributed by atoms with E-state index in [1.165, 1.54) is 45.6 Å². The van der Waals surface area contributed by atoms with Gasteiger partial charge in [0.1, 0.15) is 0 Å². The highest BCUT2D eigenvalue weighted by atomic mass is 15.3. The highest BCUT2D eigenvalue weighted by Gasteiger charge is 2.24. The van der Waals surface area contributed by atoms with Gasteiger partial charge in [0.25, 0.3) is 0 Å². The molecule has 1 N–H and O–H groups in total. The quantitative estimate of drug-likeness (QED) is 0.753. The topological polar surface area (TPSA) is 18.5 Å². The van der Waals surface area contributed by atoms with E-state index in [9.17, 15) is 0 Å². The van der Waals surface area contributed by atoms with Gasteiger partial charge in [-0.05, 0) is 39.3 Å².